The molecule has 0 aromatic carbocycles. The Morgan fingerprint density at radius 2 is 2.13 bits per heavy atom. The average Bonchev–Trinajstić information content (AvgIpc) is 2.69. The fraction of sp³-hybridized carbons (Fsp3) is 0.222. The molecule has 0 saturated carbocycles. The molecule has 0 saturated heterocycles. The molecule has 0 N–H and O–H groups in total. The van der Waals surface area contributed by atoms with Crippen LogP contribution in [0.4, 0.5) is 13.2 Å². The van der Waals surface area contributed by atoms with Gasteiger partial charge in [-0.2, -0.15) is 29.6 Å². The monoisotopic (exact) mass is 232 g/mol. The topological polar surface area (TPSA) is 17.8 Å². The van der Waals surface area contributed by atoms with Crippen LogP contribution in [0.15, 0.2) is 23.0 Å². The molecule has 2 rings (SSSR count). The second kappa shape index (κ2) is 3.37. The van der Waals surface area contributed by atoms with E-state index in [0.29, 0.717) is 5.56 Å². The van der Waals surface area contributed by atoms with Crippen LogP contribution in [0.2, 0.25) is 0 Å². The highest BCUT2D eigenvalue weighted by atomic mass is 32.1. The van der Waals surface area contributed by atoms with Crippen molar-refractivity contribution < 1.29 is 13.2 Å². The molecule has 0 amide bonds. The molecule has 0 aliphatic carbocycles. The van der Waals surface area contributed by atoms with E-state index in [2.05, 4.69) is 5.10 Å². The lowest BCUT2D eigenvalue weighted by Gasteiger charge is -2.07. The van der Waals surface area contributed by atoms with Gasteiger partial charge in [-0.05, 0) is 11.4 Å². The van der Waals surface area contributed by atoms with E-state index < -0.39 is 11.7 Å². The SMILES string of the molecule is Cn1ncc(C(F)(F)F)c1-c1ccsc1. The number of hydrogen-bond donors (Lipinski definition) is 0. The molecule has 80 valence electrons. The maximum absolute atomic E-state index is 12.6. The lowest BCUT2D eigenvalue weighted by atomic mass is 10.1. The molecular formula is C9H7F3N2S. The van der Waals surface area contributed by atoms with Gasteiger partial charge in [0.1, 0.15) is 5.56 Å². The number of thiophene rings is 1. The van der Waals surface area contributed by atoms with Gasteiger partial charge in [0.25, 0.3) is 0 Å². The largest absolute Gasteiger partial charge is 0.420 e. The lowest BCUT2D eigenvalue weighted by Crippen LogP contribution is -2.06. The first-order valence-electron chi connectivity index (χ1n) is 4.12. The number of aromatic nitrogens is 2. The maximum atomic E-state index is 12.6. The van der Waals surface area contributed by atoms with Gasteiger partial charge in [-0.25, -0.2) is 0 Å². The van der Waals surface area contributed by atoms with Crippen molar-refractivity contribution >= 4 is 11.3 Å². The van der Waals surface area contributed by atoms with Crippen LogP contribution in [0, 0.1) is 0 Å². The minimum atomic E-state index is -4.36. The molecule has 2 aromatic heterocycles. The zero-order valence-electron chi connectivity index (χ0n) is 7.75. The first-order chi connectivity index (χ1) is 7.00. The summed E-state index contributed by atoms with van der Waals surface area (Å²) < 4.78 is 39.1. The second-order valence-corrected chi connectivity index (χ2v) is 3.82. The molecule has 15 heavy (non-hydrogen) atoms. The highest BCUT2D eigenvalue weighted by Gasteiger charge is 2.36. The van der Waals surface area contributed by atoms with Gasteiger partial charge in [0, 0.05) is 18.0 Å². The number of rotatable bonds is 1. The van der Waals surface area contributed by atoms with Crippen LogP contribution in [-0.4, -0.2) is 9.78 Å². The Bertz CT molecular complexity index is 456. The van der Waals surface area contributed by atoms with Crippen molar-refractivity contribution in [2.24, 2.45) is 7.05 Å². The summed E-state index contributed by atoms with van der Waals surface area (Å²) >= 11 is 1.36. The Balaban J connectivity index is 2.60. The minimum absolute atomic E-state index is 0.115. The first kappa shape index (κ1) is 10.2. The van der Waals surface area contributed by atoms with Crippen LogP contribution in [0.25, 0.3) is 11.3 Å². The van der Waals surface area contributed by atoms with Crippen molar-refractivity contribution in [2.45, 2.75) is 6.18 Å². The summed E-state index contributed by atoms with van der Waals surface area (Å²) in [6, 6.07) is 1.65. The Morgan fingerprint density at radius 3 is 2.67 bits per heavy atom. The van der Waals surface area contributed by atoms with E-state index in [1.807, 2.05) is 0 Å². The molecule has 0 bridgehead atoms. The van der Waals surface area contributed by atoms with E-state index in [1.54, 1.807) is 16.8 Å². The Hall–Kier alpha value is -1.30. The molecule has 0 aliphatic rings. The van der Waals surface area contributed by atoms with Crippen LogP contribution in [0.3, 0.4) is 0 Å². The standard InChI is InChI=1S/C9H7F3N2S/c1-14-8(6-2-3-15-5-6)7(4-13-14)9(10,11)12/h2-5H,1H3. The van der Waals surface area contributed by atoms with Gasteiger partial charge in [0.15, 0.2) is 0 Å². The van der Waals surface area contributed by atoms with Crippen molar-refractivity contribution in [1.29, 1.82) is 0 Å². The molecule has 2 aromatic rings. The third-order valence-electron chi connectivity index (χ3n) is 2.04. The van der Waals surface area contributed by atoms with Crippen LogP contribution in [-0.2, 0) is 13.2 Å². The quantitative estimate of drug-likeness (QED) is 0.738. The summed E-state index contributed by atoms with van der Waals surface area (Å²) in [5.41, 5.74) is -0.0283. The molecule has 0 unspecified atom stereocenters. The zero-order chi connectivity index (χ0) is 11.1. The van der Waals surface area contributed by atoms with Gasteiger partial charge in [-0.3, -0.25) is 4.68 Å². The predicted octanol–water partition coefficient (Wildman–Crippen LogP) is 3.17. The second-order valence-electron chi connectivity index (χ2n) is 3.04. The molecule has 0 atom stereocenters. The summed E-state index contributed by atoms with van der Waals surface area (Å²) in [5, 5.41) is 7.05. The highest BCUT2D eigenvalue weighted by molar-refractivity contribution is 7.08. The third kappa shape index (κ3) is 1.77. The minimum Gasteiger partial charge on any atom is -0.267 e. The van der Waals surface area contributed by atoms with Gasteiger partial charge in [-0.1, -0.05) is 0 Å². The molecular weight excluding hydrogens is 225 g/mol. The third-order valence-corrected chi connectivity index (χ3v) is 2.72. The van der Waals surface area contributed by atoms with Gasteiger partial charge in [-0.15, -0.1) is 0 Å². The fourth-order valence-corrected chi connectivity index (χ4v) is 2.03. The van der Waals surface area contributed by atoms with Crippen molar-refractivity contribution in [1.82, 2.24) is 9.78 Å². The molecule has 2 nitrogen and oxygen atoms in total. The van der Waals surface area contributed by atoms with Crippen molar-refractivity contribution in [3.05, 3.63) is 28.6 Å². The van der Waals surface area contributed by atoms with Gasteiger partial charge < -0.3 is 0 Å². The fourth-order valence-electron chi connectivity index (χ4n) is 1.39. The molecule has 2 heterocycles. The number of aryl methyl sites for hydroxylation is 1. The van der Waals surface area contributed by atoms with Gasteiger partial charge in [0.2, 0.25) is 0 Å². The van der Waals surface area contributed by atoms with E-state index >= 15 is 0 Å². The van der Waals surface area contributed by atoms with E-state index in [9.17, 15) is 13.2 Å². The first-order valence-corrected chi connectivity index (χ1v) is 5.06. The Kier molecular flexibility index (Phi) is 2.30. The van der Waals surface area contributed by atoms with Gasteiger partial charge in [0.05, 0.1) is 11.9 Å². The predicted molar refractivity (Wildman–Crippen MR) is 51.5 cm³/mol. The summed E-state index contributed by atoms with van der Waals surface area (Å²) in [6.45, 7) is 0. The van der Waals surface area contributed by atoms with E-state index in [-0.39, 0.29) is 5.69 Å². The summed E-state index contributed by atoms with van der Waals surface area (Å²) in [6.07, 6.45) is -3.50. The van der Waals surface area contributed by atoms with E-state index in [4.69, 9.17) is 0 Å². The van der Waals surface area contributed by atoms with Crippen LogP contribution >= 0.6 is 11.3 Å². The summed E-state index contributed by atoms with van der Waals surface area (Å²) in [4.78, 5) is 0. The number of halogens is 3. The highest BCUT2D eigenvalue weighted by Crippen LogP contribution is 2.37. The van der Waals surface area contributed by atoms with Crippen LogP contribution in [0.5, 0.6) is 0 Å². The molecule has 6 heteroatoms. The Labute approximate surface area is 88.0 Å². The molecule has 0 fully saturated rings. The van der Waals surface area contributed by atoms with Crippen LogP contribution < -0.4 is 0 Å². The van der Waals surface area contributed by atoms with Crippen molar-refractivity contribution in [3.63, 3.8) is 0 Å². The normalized spacial score (nSPS) is 12.0. The molecule has 0 spiro atoms. The summed E-state index contributed by atoms with van der Waals surface area (Å²) in [5.74, 6) is 0. The lowest BCUT2D eigenvalue weighted by molar-refractivity contribution is -0.137. The van der Waals surface area contributed by atoms with Gasteiger partial charge >= 0.3 is 6.18 Å². The smallest absolute Gasteiger partial charge is 0.267 e. The Morgan fingerprint density at radius 1 is 1.40 bits per heavy atom. The van der Waals surface area contributed by atoms with Crippen molar-refractivity contribution in [2.75, 3.05) is 0 Å². The maximum Gasteiger partial charge on any atom is 0.420 e. The molecule has 0 radical (unpaired) electrons. The van der Waals surface area contributed by atoms with E-state index in [0.717, 1.165) is 6.20 Å². The average molecular weight is 232 g/mol. The molecule has 0 aliphatic heterocycles. The van der Waals surface area contributed by atoms with Crippen molar-refractivity contribution in [3.8, 4) is 11.3 Å². The number of alkyl halides is 3. The number of nitrogens with zero attached hydrogens (tertiary/aromatic N) is 2. The number of hydrogen-bond acceptors (Lipinski definition) is 2. The van der Waals surface area contributed by atoms with Crippen LogP contribution in [0.1, 0.15) is 5.56 Å². The summed E-state index contributed by atoms with van der Waals surface area (Å²) in [7, 11) is 1.50. The van der Waals surface area contributed by atoms with E-state index in [1.165, 1.54) is 23.1 Å². The zero-order valence-corrected chi connectivity index (χ0v) is 8.56.